The number of nitrogens with one attached hydrogen (secondary N) is 2. The van der Waals surface area contributed by atoms with Crippen molar-refractivity contribution in [3.8, 4) is 0 Å². The first-order valence-electron chi connectivity index (χ1n) is 9.22. The number of aryl methyl sites for hydroxylation is 1. The zero-order valence-electron chi connectivity index (χ0n) is 15.0. The minimum atomic E-state index is -0.0912. The van der Waals surface area contributed by atoms with Crippen LogP contribution in [0.2, 0.25) is 0 Å². The van der Waals surface area contributed by atoms with Gasteiger partial charge >= 0.3 is 6.03 Å². The fourth-order valence-corrected chi connectivity index (χ4v) is 3.91. The summed E-state index contributed by atoms with van der Waals surface area (Å²) in [6, 6.07) is 12.6. The van der Waals surface area contributed by atoms with Crippen molar-refractivity contribution >= 4 is 17.4 Å². The van der Waals surface area contributed by atoms with E-state index in [4.69, 9.17) is 4.74 Å². The van der Waals surface area contributed by atoms with Crippen LogP contribution in [-0.4, -0.2) is 50.3 Å². The van der Waals surface area contributed by atoms with Gasteiger partial charge in [-0.15, -0.1) is 0 Å². The summed E-state index contributed by atoms with van der Waals surface area (Å²) in [5, 5.41) is 10.3. The number of benzene rings is 1. The summed E-state index contributed by atoms with van der Waals surface area (Å²) in [5.41, 5.74) is 2.57. The zero-order valence-corrected chi connectivity index (χ0v) is 15.8. The molecular weight excluding hydrogens is 346 g/mol. The largest absolute Gasteiger partial charge is 0.379 e. The van der Waals surface area contributed by atoms with Crippen molar-refractivity contribution in [3.05, 3.63) is 58.3 Å². The quantitative estimate of drug-likeness (QED) is 0.699. The molecule has 0 aliphatic carbocycles. The van der Waals surface area contributed by atoms with Crippen molar-refractivity contribution in [3.63, 3.8) is 0 Å². The summed E-state index contributed by atoms with van der Waals surface area (Å²) in [4.78, 5) is 14.5. The summed E-state index contributed by atoms with van der Waals surface area (Å²) >= 11 is 1.69. The molecule has 0 saturated carbocycles. The van der Waals surface area contributed by atoms with Gasteiger partial charge in [0.05, 0.1) is 19.3 Å². The highest BCUT2D eigenvalue weighted by molar-refractivity contribution is 7.07. The highest BCUT2D eigenvalue weighted by atomic mass is 32.1. The number of morpholine rings is 1. The SMILES string of the molecule is O=C(NCCCc1ccccc1)NC[C@H](c1ccsc1)N1CCOCC1. The Labute approximate surface area is 159 Å². The molecule has 1 atom stereocenters. The van der Waals surface area contributed by atoms with Gasteiger partial charge in [0.25, 0.3) is 0 Å². The molecule has 2 amide bonds. The van der Waals surface area contributed by atoms with Gasteiger partial charge in [0.1, 0.15) is 0 Å². The highest BCUT2D eigenvalue weighted by Crippen LogP contribution is 2.23. The van der Waals surface area contributed by atoms with Gasteiger partial charge in [0, 0.05) is 26.2 Å². The van der Waals surface area contributed by atoms with Gasteiger partial charge in [-0.2, -0.15) is 11.3 Å². The van der Waals surface area contributed by atoms with E-state index in [1.807, 2.05) is 18.2 Å². The normalized spacial score (nSPS) is 16.2. The Hall–Kier alpha value is -1.89. The molecule has 0 bridgehead atoms. The average molecular weight is 374 g/mol. The van der Waals surface area contributed by atoms with Gasteiger partial charge in [-0.25, -0.2) is 4.79 Å². The molecule has 3 rings (SSSR count). The Balaban J connectivity index is 1.41. The van der Waals surface area contributed by atoms with Gasteiger partial charge in [-0.05, 0) is 40.8 Å². The number of rotatable bonds is 8. The molecule has 1 fully saturated rings. The second kappa shape index (κ2) is 10.3. The summed E-state index contributed by atoms with van der Waals surface area (Å²) in [6.45, 7) is 4.61. The maximum atomic E-state index is 12.1. The molecule has 2 heterocycles. The first kappa shape index (κ1) is 18.9. The Kier molecular flexibility index (Phi) is 7.49. The Morgan fingerprint density at radius 3 is 2.69 bits per heavy atom. The van der Waals surface area contributed by atoms with Crippen molar-refractivity contribution in [2.75, 3.05) is 39.4 Å². The van der Waals surface area contributed by atoms with Crippen LogP contribution in [-0.2, 0) is 11.2 Å². The van der Waals surface area contributed by atoms with E-state index in [1.165, 1.54) is 11.1 Å². The highest BCUT2D eigenvalue weighted by Gasteiger charge is 2.23. The van der Waals surface area contributed by atoms with E-state index >= 15 is 0 Å². The Morgan fingerprint density at radius 1 is 1.15 bits per heavy atom. The van der Waals surface area contributed by atoms with Gasteiger partial charge in [0.15, 0.2) is 0 Å². The third-order valence-electron chi connectivity index (χ3n) is 4.64. The first-order valence-corrected chi connectivity index (χ1v) is 10.2. The summed E-state index contributed by atoms with van der Waals surface area (Å²) in [5.74, 6) is 0. The molecule has 0 spiro atoms. The second-order valence-corrected chi connectivity index (χ2v) is 7.23. The van der Waals surface area contributed by atoms with Crippen molar-refractivity contribution in [1.82, 2.24) is 15.5 Å². The summed E-state index contributed by atoms with van der Waals surface area (Å²) < 4.78 is 5.46. The molecule has 5 nitrogen and oxygen atoms in total. The van der Waals surface area contributed by atoms with Gasteiger partial charge < -0.3 is 15.4 Å². The fraction of sp³-hybridized carbons (Fsp3) is 0.450. The molecule has 0 radical (unpaired) electrons. The predicted octanol–water partition coefficient (Wildman–Crippen LogP) is 3.05. The fourth-order valence-electron chi connectivity index (χ4n) is 3.20. The monoisotopic (exact) mass is 373 g/mol. The van der Waals surface area contributed by atoms with Crippen LogP contribution in [0.3, 0.4) is 0 Å². The molecule has 0 unspecified atom stereocenters. The molecule has 26 heavy (non-hydrogen) atoms. The van der Waals surface area contributed by atoms with Crippen LogP contribution in [0.25, 0.3) is 0 Å². The first-order chi connectivity index (χ1) is 12.8. The lowest BCUT2D eigenvalue weighted by atomic mass is 10.1. The molecule has 1 aromatic heterocycles. The maximum Gasteiger partial charge on any atom is 0.314 e. The molecule has 2 N–H and O–H groups in total. The van der Waals surface area contributed by atoms with E-state index in [0.29, 0.717) is 13.1 Å². The third kappa shape index (κ3) is 5.83. The molecule has 2 aromatic rings. The van der Waals surface area contributed by atoms with E-state index in [1.54, 1.807) is 11.3 Å². The Morgan fingerprint density at radius 2 is 1.96 bits per heavy atom. The topological polar surface area (TPSA) is 53.6 Å². The van der Waals surface area contributed by atoms with Crippen LogP contribution >= 0.6 is 11.3 Å². The number of hydrogen-bond donors (Lipinski definition) is 2. The minimum Gasteiger partial charge on any atom is -0.379 e. The number of amides is 2. The molecule has 1 aliphatic rings. The van der Waals surface area contributed by atoms with Crippen LogP contribution in [0.4, 0.5) is 4.79 Å². The number of nitrogens with zero attached hydrogens (tertiary/aromatic N) is 1. The lowest BCUT2D eigenvalue weighted by Gasteiger charge is -2.34. The number of carbonyl (C=O) groups excluding carboxylic acids is 1. The average Bonchev–Trinajstić information content (AvgIpc) is 3.22. The lowest BCUT2D eigenvalue weighted by Crippen LogP contribution is -2.45. The predicted molar refractivity (Wildman–Crippen MR) is 106 cm³/mol. The van der Waals surface area contributed by atoms with Crippen molar-refractivity contribution in [2.45, 2.75) is 18.9 Å². The molecule has 6 heteroatoms. The van der Waals surface area contributed by atoms with E-state index in [2.05, 4.69) is 44.5 Å². The summed E-state index contributed by atoms with van der Waals surface area (Å²) in [7, 11) is 0. The second-order valence-electron chi connectivity index (χ2n) is 6.45. The number of hydrogen-bond acceptors (Lipinski definition) is 4. The number of urea groups is 1. The van der Waals surface area contributed by atoms with Crippen LogP contribution in [0.15, 0.2) is 47.2 Å². The van der Waals surface area contributed by atoms with E-state index < -0.39 is 0 Å². The van der Waals surface area contributed by atoms with Gasteiger partial charge in [0.2, 0.25) is 0 Å². The van der Waals surface area contributed by atoms with Crippen molar-refractivity contribution < 1.29 is 9.53 Å². The lowest BCUT2D eigenvalue weighted by molar-refractivity contribution is 0.0168. The van der Waals surface area contributed by atoms with Gasteiger partial charge in [-0.3, -0.25) is 4.90 Å². The van der Waals surface area contributed by atoms with Crippen LogP contribution < -0.4 is 10.6 Å². The standard InChI is InChI=1S/C20H27N3O2S/c24-20(21-9-4-7-17-5-2-1-3-6-17)22-15-19(18-8-14-26-16-18)23-10-12-25-13-11-23/h1-3,5-6,8,14,16,19H,4,7,9-13,15H2,(H2,21,22,24)/t19-/m1/s1. The number of carbonyl (C=O) groups is 1. The van der Waals surface area contributed by atoms with Crippen LogP contribution in [0.1, 0.15) is 23.6 Å². The minimum absolute atomic E-state index is 0.0912. The maximum absolute atomic E-state index is 12.1. The van der Waals surface area contributed by atoms with Gasteiger partial charge in [-0.1, -0.05) is 30.3 Å². The number of thiophene rings is 1. The van der Waals surface area contributed by atoms with E-state index in [0.717, 1.165) is 39.1 Å². The van der Waals surface area contributed by atoms with Crippen LogP contribution in [0.5, 0.6) is 0 Å². The van der Waals surface area contributed by atoms with Crippen molar-refractivity contribution in [1.29, 1.82) is 0 Å². The molecule has 1 aromatic carbocycles. The van der Waals surface area contributed by atoms with E-state index in [-0.39, 0.29) is 12.1 Å². The smallest absolute Gasteiger partial charge is 0.314 e. The molecular formula is C20H27N3O2S. The summed E-state index contributed by atoms with van der Waals surface area (Å²) in [6.07, 6.45) is 1.92. The van der Waals surface area contributed by atoms with Crippen LogP contribution in [0, 0.1) is 0 Å². The molecule has 1 saturated heterocycles. The van der Waals surface area contributed by atoms with Crippen molar-refractivity contribution in [2.24, 2.45) is 0 Å². The number of ether oxygens (including phenoxy) is 1. The molecule has 1 aliphatic heterocycles. The van der Waals surface area contributed by atoms with E-state index in [9.17, 15) is 4.79 Å². The Bertz CT molecular complexity index is 642. The third-order valence-corrected chi connectivity index (χ3v) is 5.34. The zero-order chi connectivity index (χ0) is 18.0. The molecule has 140 valence electrons.